The fraction of sp³-hybridized carbons (Fsp3) is 0.500. The molecule has 0 aromatic heterocycles. The van der Waals surface area contributed by atoms with Crippen LogP contribution in [0.15, 0.2) is 24.3 Å². The van der Waals surface area contributed by atoms with E-state index in [0.29, 0.717) is 18.5 Å². The van der Waals surface area contributed by atoms with Crippen LogP contribution in [-0.2, 0) is 11.3 Å². The van der Waals surface area contributed by atoms with Gasteiger partial charge in [-0.3, -0.25) is 9.69 Å². The van der Waals surface area contributed by atoms with Gasteiger partial charge in [-0.05, 0) is 24.9 Å². The molecule has 0 aliphatic carbocycles. The van der Waals surface area contributed by atoms with E-state index in [1.165, 1.54) is 18.2 Å². The molecule has 1 aliphatic heterocycles. The number of alkyl halides is 3. The molecule has 1 fully saturated rings. The fourth-order valence-corrected chi connectivity index (χ4v) is 2.68. The predicted octanol–water partition coefficient (Wildman–Crippen LogP) is 2.88. The summed E-state index contributed by atoms with van der Waals surface area (Å²) in [6.07, 6.45) is -4.06. The minimum atomic E-state index is -4.76. The number of hydrogen-bond donors (Lipinski definition) is 1. The Hall–Kier alpha value is -1.76. The van der Waals surface area contributed by atoms with Crippen molar-refractivity contribution in [3.63, 3.8) is 0 Å². The van der Waals surface area contributed by atoms with Gasteiger partial charge in [0, 0.05) is 12.1 Å². The number of para-hydroxylation sites is 1. The molecule has 0 radical (unpaired) electrons. The zero-order chi connectivity index (χ0) is 15.6. The van der Waals surface area contributed by atoms with Crippen molar-refractivity contribution in [2.75, 3.05) is 6.54 Å². The highest BCUT2D eigenvalue weighted by molar-refractivity contribution is 5.74. The molecule has 0 saturated carbocycles. The van der Waals surface area contributed by atoms with Crippen LogP contribution in [0.4, 0.5) is 13.2 Å². The molecule has 0 spiro atoms. The van der Waals surface area contributed by atoms with Gasteiger partial charge >= 0.3 is 12.3 Å². The Bertz CT molecular complexity index is 518. The van der Waals surface area contributed by atoms with Gasteiger partial charge in [0.2, 0.25) is 0 Å². The topological polar surface area (TPSA) is 49.8 Å². The molecule has 1 aliphatic rings. The van der Waals surface area contributed by atoms with Gasteiger partial charge in [-0.15, -0.1) is 13.2 Å². The smallest absolute Gasteiger partial charge is 0.480 e. The maximum absolute atomic E-state index is 12.4. The summed E-state index contributed by atoms with van der Waals surface area (Å²) >= 11 is 0. The van der Waals surface area contributed by atoms with E-state index in [4.69, 9.17) is 0 Å². The van der Waals surface area contributed by atoms with Crippen LogP contribution >= 0.6 is 0 Å². The molecule has 1 heterocycles. The first-order valence-electron chi connectivity index (χ1n) is 6.58. The summed E-state index contributed by atoms with van der Waals surface area (Å²) in [4.78, 5) is 12.9. The molecule has 1 aromatic rings. The number of likely N-dealkylation sites (tertiary alicyclic amines) is 1. The Morgan fingerprint density at radius 2 is 2.10 bits per heavy atom. The number of carboxylic acid groups (broad SMARTS) is 1. The summed E-state index contributed by atoms with van der Waals surface area (Å²) < 4.78 is 41.1. The second-order valence-electron chi connectivity index (χ2n) is 5.18. The third kappa shape index (κ3) is 3.87. The molecule has 7 heteroatoms. The third-order valence-corrected chi connectivity index (χ3v) is 3.63. The van der Waals surface area contributed by atoms with Crippen LogP contribution in [0.5, 0.6) is 5.75 Å². The highest BCUT2D eigenvalue weighted by Crippen LogP contribution is 2.31. The first-order valence-corrected chi connectivity index (χ1v) is 6.58. The molecule has 0 amide bonds. The van der Waals surface area contributed by atoms with E-state index in [-0.39, 0.29) is 18.2 Å². The first-order chi connectivity index (χ1) is 9.78. The van der Waals surface area contributed by atoms with Gasteiger partial charge in [0.1, 0.15) is 11.8 Å². The highest BCUT2D eigenvalue weighted by atomic mass is 19.4. The SMILES string of the molecule is CC1CCN(Cc2ccccc2OC(F)(F)F)C1C(=O)O. The number of halogens is 3. The Morgan fingerprint density at radius 3 is 2.71 bits per heavy atom. The Balaban J connectivity index is 2.18. The molecule has 116 valence electrons. The number of ether oxygens (including phenoxy) is 1. The number of rotatable bonds is 4. The van der Waals surface area contributed by atoms with Crippen LogP contribution in [0.25, 0.3) is 0 Å². The second kappa shape index (κ2) is 5.93. The lowest BCUT2D eigenvalue weighted by atomic mass is 10.0. The quantitative estimate of drug-likeness (QED) is 0.929. The summed E-state index contributed by atoms with van der Waals surface area (Å²) in [5, 5.41) is 9.23. The van der Waals surface area contributed by atoms with Crippen LogP contribution in [0, 0.1) is 5.92 Å². The van der Waals surface area contributed by atoms with Gasteiger partial charge < -0.3 is 9.84 Å². The van der Waals surface area contributed by atoms with Gasteiger partial charge in [-0.1, -0.05) is 25.1 Å². The van der Waals surface area contributed by atoms with Gasteiger partial charge in [-0.2, -0.15) is 0 Å². The number of carbonyl (C=O) groups is 1. The molecule has 1 N–H and O–H groups in total. The average molecular weight is 303 g/mol. The maximum Gasteiger partial charge on any atom is 0.573 e. The molecular weight excluding hydrogens is 287 g/mol. The van der Waals surface area contributed by atoms with Crippen molar-refractivity contribution >= 4 is 5.97 Å². The monoisotopic (exact) mass is 303 g/mol. The number of nitrogens with zero attached hydrogens (tertiary/aromatic N) is 1. The predicted molar refractivity (Wildman–Crippen MR) is 68.7 cm³/mol. The van der Waals surface area contributed by atoms with Crippen molar-refractivity contribution in [1.82, 2.24) is 4.90 Å². The normalized spacial score (nSPS) is 23.2. The van der Waals surface area contributed by atoms with Crippen molar-refractivity contribution in [3.8, 4) is 5.75 Å². The van der Waals surface area contributed by atoms with Gasteiger partial charge in [0.15, 0.2) is 0 Å². The maximum atomic E-state index is 12.4. The lowest BCUT2D eigenvalue weighted by molar-refractivity contribution is -0.275. The second-order valence-corrected chi connectivity index (χ2v) is 5.18. The van der Waals surface area contributed by atoms with Crippen LogP contribution in [0.1, 0.15) is 18.9 Å². The van der Waals surface area contributed by atoms with E-state index in [0.717, 1.165) is 0 Å². The molecule has 2 atom stereocenters. The fourth-order valence-electron chi connectivity index (χ4n) is 2.68. The van der Waals surface area contributed by atoms with Crippen molar-refractivity contribution in [3.05, 3.63) is 29.8 Å². The molecule has 2 unspecified atom stereocenters. The first kappa shape index (κ1) is 15.6. The lowest BCUT2D eigenvalue weighted by Gasteiger charge is -2.24. The van der Waals surface area contributed by atoms with E-state index in [1.54, 1.807) is 11.0 Å². The standard InChI is InChI=1S/C14H16F3NO3/c1-9-6-7-18(12(9)13(19)20)8-10-4-2-3-5-11(10)21-14(15,16)17/h2-5,9,12H,6-8H2,1H3,(H,19,20). The van der Waals surface area contributed by atoms with E-state index in [9.17, 15) is 23.1 Å². The van der Waals surface area contributed by atoms with Crippen LogP contribution in [-0.4, -0.2) is 34.9 Å². The molecular formula is C14H16F3NO3. The van der Waals surface area contributed by atoms with Gasteiger partial charge in [0.05, 0.1) is 0 Å². The van der Waals surface area contributed by atoms with Crippen molar-refractivity contribution in [2.45, 2.75) is 32.3 Å². The molecule has 2 rings (SSSR count). The molecule has 0 bridgehead atoms. The van der Waals surface area contributed by atoms with Crippen molar-refractivity contribution in [1.29, 1.82) is 0 Å². The number of aliphatic carboxylic acids is 1. The van der Waals surface area contributed by atoms with E-state index >= 15 is 0 Å². The number of carboxylic acids is 1. The number of hydrogen-bond acceptors (Lipinski definition) is 3. The minimum Gasteiger partial charge on any atom is -0.480 e. The summed E-state index contributed by atoms with van der Waals surface area (Å²) in [5.41, 5.74) is 0.329. The zero-order valence-electron chi connectivity index (χ0n) is 11.4. The molecule has 1 aromatic carbocycles. The zero-order valence-corrected chi connectivity index (χ0v) is 11.4. The summed E-state index contributed by atoms with van der Waals surface area (Å²) in [7, 11) is 0. The summed E-state index contributed by atoms with van der Waals surface area (Å²) in [6.45, 7) is 2.49. The van der Waals surface area contributed by atoms with Crippen LogP contribution in [0.2, 0.25) is 0 Å². The Labute approximate surface area is 120 Å². The van der Waals surface area contributed by atoms with Crippen LogP contribution < -0.4 is 4.74 Å². The third-order valence-electron chi connectivity index (χ3n) is 3.63. The minimum absolute atomic E-state index is 0.0294. The molecule has 4 nitrogen and oxygen atoms in total. The van der Waals surface area contributed by atoms with E-state index < -0.39 is 18.4 Å². The van der Waals surface area contributed by atoms with E-state index in [1.807, 2.05) is 6.92 Å². The largest absolute Gasteiger partial charge is 0.573 e. The Morgan fingerprint density at radius 1 is 1.43 bits per heavy atom. The number of benzene rings is 1. The Kier molecular flexibility index (Phi) is 4.41. The van der Waals surface area contributed by atoms with Gasteiger partial charge in [0.25, 0.3) is 0 Å². The summed E-state index contributed by atoms with van der Waals surface area (Å²) in [5.74, 6) is -1.26. The summed E-state index contributed by atoms with van der Waals surface area (Å²) in [6, 6.07) is 5.13. The van der Waals surface area contributed by atoms with E-state index in [2.05, 4.69) is 4.74 Å². The van der Waals surface area contributed by atoms with Crippen molar-refractivity contribution in [2.24, 2.45) is 5.92 Å². The lowest BCUT2D eigenvalue weighted by Crippen LogP contribution is -2.38. The average Bonchev–Trinajstić information content (AvgIpc) is 2.71. The van der Waals surface area contributed by atoms with Crippen LogP contribution in [0.3, 0.4) is 0 Å². The highest BCUT2D eigenvalue weighted by Gasteiger charge is 2.37. The molecule has 21 heavy (non-hydrogen) atoms. The van der Waals surface area contributed by atoms with Crippen molar-refractivity contribution < 1.29 is 27.8 Å². The molecule has 1 saturated heterocycles. The van der Waals surface area contributed by atoms with Gasteiger partial charge in [-0.25, -0.2) is 0 Å².